The van der Waals surface area contributed by atoms with Crippen molar-refractivity contribution in [2.24, 2.45) is 0 Å². The highest BCUT2D eigenvalue weighted by Crippen LogP contribution is 2.30. The Morgan fingerprint density at radius 2 is 1.89 bits per heavy atom. The molecule has 1 atom stereocenters. The van der Waals surface area contributed by atoms with Crippen LogP contribution in [0.4, 0.5) is 0 Å². The SMILES string of the molecule is CCC1CCCCN1C(=O)CCN(Cc1cccc2ccccc12)C1CC1. The van der Waals surface area contributed by atoms with Crippen molar-refractivity contribution in [1.82, 2.24) is 9.80 Å². The summed E-state index contributed by atoms with van der Waals surface area (Å²) in [5, 5.41) is 2.65. The van der Waals surface area contributed by atoms with Crippen molar-refractivity contribution < 1.29 is 4.79 Å². The van der Waals surface area contributed by atoms with Crippen LogP contribution in [0, 0.1) is 0 Å². The molecule has 1 heterocycles. The zero-order valence-electron chi connectivity index (χ0n) is 16.6. The predicted octanol–water partition coefficient (Wildman–Crippen LogP) is 4.99. The minimum atomic E-state index is 0.366. The van der Waals surface area contributed by atoms with Crippen LogP contribution < -0.4 is 0 Å². The van der Waals surface area contributed by atoms with Crippen LogP contribution in [0.2, 0.25) is 0 Å². The van der Waals surface area contributed by atoms with Crippen molar-refractivity contribution in [3.8, 4) is 0 Å². The van der Waals surface area contributed by atoms with Gasteiger partial charge in [0.25, 0.3) is 0 Å². The van der Waals surface area contributed by atoms with Gasteiger partial charge < -0.3 is 4.90 Å². The average molecular weight is 365 g/mol. The molecule has 1 unspecified atom stereocenters. The largest absolute Gasteiger partial charge is 0.340 e. The highest BCUT2D eigenvalue weighted by atomic mass is 16.2. The molecule has 27 heavy (non-hydrogen) atoms. The van der Waals surface area contributed by atoms with Crippen LogP contribution in [-0.2, 0) is 11.3 Å². The fourth-order valence-corrected chi connectivity index (χ4v) is 4.62. The van der Waals surface area contributed by atoms with Crippen molar-refractivity contribution >= 4 is 16.7 Å². The molecule has 4 rings (SSSR count). The van der Waals surface area contributed by atoms with Gasteiger partial charge in [0, 0.05) is 38.1 Å². The first kappa shape index (κ1) is 18.5. The Balaban J connectivity index is 1.42. The van der Waals surface area contributed by atoms with Gasteiger partial charge in [-0.05, 0) is 54.9 Å². The highest BCUT2D eigenvalue weighted by molar-refractivity contribution is 5.85. The third-order valence-corrected chi connectivity index (χ3v) is 6.35. The first-order valence-electron chi connectivity index (χ1n) is 10.8. The number of amides is 1. The van der Waals surface area contributed by atoms with Gasteiger partial charge in [-0.3, -0.25) is 9.69 Å². The average Bonchev–Trinajstić information content (AvgIpc) is 3.56. The second-order valence-corrected chi connectivity index (χ2v) is 8.23. The van der Waals surface area contributed by atoms with Gasteiger partial charge in [0.15, 0.2) is 0 Å². The number of carbonyl (C=O) groups is 1. The molecule has 1 aliphatic carbocycles. The Hall–Kier alpha value is -1.87. The van der Waals surface area contributed by atoms with E-state index in [9.17, 15) is 4.79 Å². The van der Waals surface area contributed by atoms with Gasteiger partial charge in [0.2, 0.25) is 5.91 Å². The molecule has 2 aliphatic rings. The van der Waals surface area contributed by atoms with E-state index in [1.807, 2.05) is 0 Å². The number of likely N-dealkylation sites (tertiary alicyclic amines) is 1. The van der Waals surface area contributed by atoms with E-state index in [-0.39, 0.29) is 0 Å². The molecule has 1 saturated carbocycles. The van der Waals surface area contributed by atoms with Crippen molar-refractivity contribution in [2.75, 3.05) is 13.1 Å². The molecule has 1 aliphatic heterocycles. The van der Waals surface area contributed by atoms with Crippen LogP contribution in [0.3, 0.4) is 0 Å². The number of fused-ring (bicyclic) bond motifs is 1. The first-order chi connectivity index (χ1) is 13.3. The monoisotopic (exact) mass is 364 g/mol. The summed E-state index contributed by atoms with van der Waals surface area (Å²) in [5.41, 5.74) is 1.39. The lowest BCUT2D eigenvalue weighted by atomic mass is 9.99. The van der Waals surface area contributed by atoms with E-state index >= 15 is 0 Å². The molecule has 0 N–H and O–H groups in total. The highest BCUT2D eigenvalue weighted by Gasteiger charge is 2.31. The lowest BCUT2D eigenvalue weighted by Gasteiger charge is -2.36. The fraction of sp³-hybridized carbons (Fsp3) is 0.542. The second kappa shape index (κ2) is 8.43. The number of benzene rings is 2. The Labute approximate surface area is 163 Å². The third-order valence-electron chi connectivity index (χ3n) is 6.35. The van der Waals surface area contributed by atoms with E-state index in [4.69, 9.17) is 0 Å². The summed E-state index contributed by atoms with van der Waals surface area (Å²) in [5.74, 6) is 0.366. The van der Waals surface area contributed by atoms with Gasteiger partial charge in [0.1, 0.15) is 0 Å². The zero-order chi connectivity index (χ0) is 18.6. The number of rotatable bonds is 7. The summed E-state index contributed by atoms with van der Waals surface area (Å²) in [6.07, 6.45) is 7.94. The summed E-state index contributed by atoms with van der Waals surface area (Å²) < 4.78 is 0. The Morgan fingerprint density at radius 3 is 2.70 bits per heavy atom. The molecular weight excluding hydrogens is 332 g/mol. The minimum Gasteiger partial charge on any atom is -0.340 e. The fourth-order valence-electron chi connectivity index (χ4n) is 4.62. The Kier molecular flexibility index (Phi) is 5.77. The van der Waals surface area contributed by atoms with Crippen LogP contribution in [0.25, 0.3) is 10.8 Å². The van der Waals surface area contributed by atoms with Crippen molar-refractivity contribution in [1.29, 1.82) is 0 Å². The topological polar surface area (TPSA) is 23.6 Å². The summed E-state index contributed by atoms with van der Waals surface area (Å²) >= 11 is 0. The molecule has 2 fully saturated rings. The first-order valence-corrected chi connectivity index (χ1v) is 10.8. The summed E-state index contributed by atoms with van der Waals surface area (Å²) in [4.78, 5) is 17.6. The minimum absolute atomic E-state index is 0.366. The number of carbonyl (C=O) groups excluding carboxylic acids is 1. The van der Waals surface area contributed by atoms with Gasteiger partial charge in [-0.2, -0.15) is 0 Å². The molecule has 2 aromatic carbocycles. The standard InChI is InChI=1S/C24H32N2O/c1-2-21-11-5-6-16-26(21)24(27)15-17-25(22-13-14-22)18-20-10-7-9-19-8-3-4-12-23(19)20/h3-4,7-10,12,21-22H,2,5-6,11,13-18H2,1H3. The van der Waals surface area contributed by atoms with Crippen LogP contribution in [0.1, 0.15) is 57.4 Å². The third kappa shape index (κ3) is 4.35. The van der Waals surface area contributed by atoms with E-state index < -0.39 is 0 Å². The van der Waals surface area contributed by atoms with Crippen LogP contribution in [-0.4, -0.2) is 40.9 Å². The molecule has 3 heteroatoms. The second-order valence-electron chi connectivity index (χ2n) is 8.23. The van der Waals surface area contributed by atoms with E-state index in [0.717, 1.165) is 26.1 Å². The van der Waals surface area contributed by atoms with Gasteiger partial charge >= 0.3 is 0 Å². The van der Waals surface area contributed by atoms with E-state index in [2.05, 4.69) is 59.2 Å². The maximum absolute atomic E-state index is 12.9. The molecule has 0 bridgehead atoms. The lowest BCUT2D eigenvalue weighted by Crippen LogP contribution is -2.44. The zero-order valence-corrected chi connectivity index (χ0v) is 16.6. The van der Waals surface area contributed by atoms with E-state index in [1.54, 1.807) is 0 Å². The molecule has 0 spiro atoms. The molecule has 1 amide bonds. The maximum atomic E-state index is 12.9. The van der Waals surface area contributed by atoms with Crippen LogP contribution >= 0.6 is 0 Å². The molecule has 3 nitrogen and oxygen atoms in total. The van der Waals surface area contributed by atoms with Crippen molar-refractivity contribution in [2.45, 2.75) is 70.5 Å². The predicted molar refractivity (Wildman–Crippen MR) is 112 cm³/mol. The Morgan fingerprint density at radius 1 is 1.07 bits per heavy atom. The molecule has 144 valence electrons. The number of hydrogen-bond donors (Lipinski definition) is 0. The van der Waals surface area contributed by atoms with Gasteiger partial charge in [-0.25, -0.2) is 0 Å². The maximum Gasteiger partial charge on any atom is 0.224 e. The summed E-state index contributed by atoms with van der Waals surface area (Å²) in [7, 11) is 0. The quantitative estimate of drug-likeness (QED) is 0.691. The summed E-state index contributed by atoms with van der Waals surface area (Å²) in [6, 6.07) is 16.4. The summed E-state index contributed by atoms with van der Waals surface area (Å²) in [6.45, 7) is 5.02. The van der Waals surface area contributed by atoms with Crippen LogP contribution in [0.5, 0.6) is 0 Å². The molecule has 0 radical (unpaired) electrons. The smallest absolute Gasteiger partial charge is 0.224 e. The normalized spacial score (nSPS) is 20.4. The number of piperidine rings is 1. The van der Waals surface area contributed by atoms with Gasteiger partial charge in [-0.1, -0.05) is 49.4 Å². The van der Waals surface area contributed by atoms with E-state index in [0.29, 0.717) is 24.4 Å². The van der Waals surface area contributed by atoms with Crippen molar-refractivity contribution in [3.63, 3.8) is 0 Å². The molecule has 2 aromatic rings. The van der Waals surface area contributed by atoms with Crippen molar-refractivity contribution in [3.05, 3.63) is 48.0 Å². The van der Waals surface area contributed by atoms with E-state index in [1.165, 1.54) is 48.4 Å². The lowest BCUT2D eigenvalue weighted by molar-refractivity contribution is -0.135. The number of hydrogen-bond acceptors (Lipinski definition) is 2. The van der Waals surface area contributed by atoms with Crippen LogP contribution in [0.15, 0.2) is 42.5 Å². The van der Waals surface area contributed by atoms with Gasteiger partial charge in [-0.15, -0.1) is 0 Å². The molecule has 1 saturated heterocycles. The Bertz CT molecular complexity index is 778. The number of nitrogens with zero attached hydrogens (tertiary/aromatic N) is 2. The molecular formula is C24H32N2O. The molecule has 0 aromatic heterocycles. The van der Waals surface area contributed by atoms with Gasteiger partial charge in [0.05, 0.1) is 0 Å².